The van der Waals surface area contributed by atoms with Crippen LogP contribution in [0.2, 0.25) is 0 Å². The average molecular weight is 142 g/mol. The van der Waals surface area contributed by atoms with Crippen LogP contribution in [0.5, 0.6) is 0 Å². The van der Waals surface area contributed by atoms with E-state index in [0.29, 0.717) is 0 Å². The van der Waals surface area contributed by atoms with Gasteiger partial charge in [0.05, 0.1) is 0 Å². The third-order valence-electron chi connectivity index (χ3n) is 1.54. The number of nitrogens with one attached hydrogen (secondary N) is 2. The highest BCUT2D eigenvalue weighted by Crippen LogP contribution is 2.23. The van der Waals surface area contributed by atoms with Gasteiger partial charge in [0.2, 0.25) is 0 Å². The van der Waals surface area contributed by atoms with E-state index in [1.54, 1.807) is 6.08 Å². The van der Waals surface area contributed by atoms with Crippen molar-refractivity contribution in [3.8, 4) is 0 Å². The SMILES string of the molecule is O=C(O)C12C=CC(NN1)O2. The summed E-state index contributed by atoms with van der Waals surface area (Å²) in [6, 6.07) is 0. The molecule has 0 saturated carbocycles. The molecule has 0 spiro atoms. The molecule has 2 heterocycles. The van der Waals surface area contributed by atoms with Crippen LogP contribution in [0.1, 0.15) is 0 Å². The van der Waals surface area contributed by atoms with Crippen LogP contribution in [-0.2, 0) is 9.53 Å². The van der Waals surface area contributed by atoms with Gasteiger partial charge in [0, 0.05) is 0 Å². The average Bonchev–Trinajstić information content (AvgIpc) is 2.45. The first kappa shape index (κ1) is 5.84. The summed E-state index contributed by atoms with van der Waals surface area (Å²) in [5.74, 6) is -1.03. The largest absolute Gasteiger partial charge is 0.478 e. The Balaban J connectivity index is 2.32. The number of hydrazine groups is 1. The van der Waals surface area contributed by atoms with Crippen molar-refractivity contribution in [2.24, 2.45) is 0 Å². The third-order valence-corrected chi connectivity index (χ3v) is 1.54. The van der Waals surface area contributed by atoms with Gasteiger partial charge >= 0.3 is 5.97 Å². The molecule has 0 radical (unpaired) electrons. The van der Waals surface area contributed by atoms with Gasteiger partial charge in [0.25, 0.3) is 5.72 Å². The van der Waals surface area contributed by atoms with Crippen LogP contribution in [0, 0.1) is 0 Å². The lowest BCUT2D eigenvalue weighted by Crippen LogP contribution is -2.50. The summed E-state index contributed by atoms with van der Waals surface area (Å²) >= 11 is 0. The van der Waals surface area contributed by atoms with Crippen LogP contribution >= 0.6 is 0 Å². The summed E-state index contributed by atoms with van der Waals surface area (Å²) in [4.78, 5) is 10.5. The number of aliphatic carboxylic acids is 1. The predicted octanol–water partition coefficient (Wildman–Crippen LogP) is -1.21. The lowest BCUT2D eigenvalue weighted by Gasteiger charge is -2.14. The molecule has 0 aliphatic carbocycles. The lowest BCUT2D eigenvalue weighted by molar-refractivity contribution is -0.156. The Hall–Kier alpha value is -0.910. The summed E-state index contributed by atoms with van der Waals surface area (Å²) in [5, 5.41) is 8.61. The smallest absolute Gasteiger partial charge is 0.357 e. The minimum absolute atomic E-state index is 0.295. The molecule has 1 fully saturated rings. The third kappa shape index (κ3) is 0.539. The highest BCUT2D eigenvalue weighted by molar-refractivity contribution is 5.80. The van der Waals surface area contributed by atoms with E-state index in [0.717, 1.165) is 0 Å². The van der Waals surface area contributed by atoms with Crippen molar-refractivity contribution in [1.29, 1.82) is 0 Å². The number of rotatable bonds is 1. The molecule has 0 aromatic rings. The van der Waals surface area contributed by atoms with E-state index in [9.17, 15) is 4.79 Å². The highest BCUT2D eigenvalue weighted by Gasteiger charge is 2.48. The van der Waals surface area contributed by atoms with Crippen LogP contribution in [0.3, 0.4) is 0 Å². The lowest BCUT2D eigenvalue weighted by atomic mass is 10.2. The van der Waals surface area contributed by atoms with Gasteiger partial charge in [-0.2, -0.15) is 0 Å². The van der Waals surface area contributed by atoms with Gasteiger partial charge in [-0.05, 0) is 12.2 Å². The molecular formula is C5H6N2O3. The molecule has 2 bridgehead atoms. The van der Waals surface area contributed by atoms with Gasteiger partial charge in [-0.3, -0.25) is 0 Å². The predicted molar refractivity (Wildman–Crippen MR) is 30.7 cm³/mol. The Morgan fingerprint density at radius 2 is 2.60 bits per heavy atom. The molecule has 0 aromatic carbocycles. The number of hydrogen-bond donors (Lipinski definition) is 3. The Bertz CT molecular complexity index is 215. The molecule has 0 aromatic heterocycles. The topological polar surface area (TPSA) is 70.6 Å². The van der Waals surface area contributed by atoms with E-state index in [2.05, 4.69) is 10.9 Å². The molecule has 2 aliphatic heterocycles. The molecule has 2 rings (SSSR count). The van der Waals surface area contributed by atoms with Crippen molar-refractivity contribution in [3.63, 3.8) is 0 Å². The van der Waals surface area contributed by atoms with Gasteiger partial charge < -0.3 is 9.84 Å². The maximum absolute atomic E-state index is 10.5. The minimum Gasteiger partial charge on any atom is -0.478 e. The summed E-state index contributed by atoms with van der Waals surface area (Å²) in [7, 11) is 0. The zero-order valence-corrected chi connectivity index (χ0v) is 5.00. The van der Waals surface area contributed by atoms with Gasteiger partial charge in [-0.25, -0.2) is 15.6 Å². The number of carboxylic acids is 1. The van der Waals surface area contributed by atoms with E-state index >= 15 is 0 Å². The Labute approximate surface area is 56.6 Å². The van der Waals surface area contributed by atoms with Crippen LogP contribution in [-0.4, -0.2) is 23.0 Å². The fourth-order valence-corrected chi connectivity index (χ4v) is 1.00. The summed E-state index contributed by atoms with van der Waals surface area (Å²) in [5.41, 5.74) is 3.83. The van der Waals surface area contributed by atoms with Crippen molar-refractivity contribution in [2.45, 2.75) is 12.0 Å². The van der Waals surface area contributed by atoms with Crippen molar-refractivity contribution in [1.82, 2.24) is 10.9 Å². The van der Waals surface area contributed by atoms with Crippen LogP contribution in [0.25, 0.3) is 0 Å². The van der Waals surface area contributed by atoms with E-state index in [1.165, 1.54) is 6.08 Å². The summed E-state index contributed by atoms with van der Waals surface area (Å²) in [6.45, 7) is 0. The second kappa shape index (κ2) is 1.57. The molecule has 54 valence electrons. The number of carbonyl (C=O) groups is 1. The van der Waals surface area contributed by atoms with E-state index in [-0.39, 0.29) is 6.23 Å². The minimum atomic E-state index is -1.31. The van der Waals surface area contributed by atoms with E-state index < -0.39 is 11.7 Å². The van der Waals surface area contributed by atoms with Gasteiger partial charge in [-0.15, -0.1) is 0 Å². The van der Waals surface area contributed by atoms with Crippen LogP contribution in [0.4, 0.5) is 0 Å². The fraction of sp³-hybridized carbons (Fsp3) is 0.400. The summed E-state index contributed by atoms with van der Waals surface area (Å²) < 4.78 is 4.99. The van der Waals surface area contributed by atoms with Gasteiger partial charge in [0.1, 0.15) is 6.23 Å². The van der Waals surface area contributed by atoms with E-state index in [4.69, 9.17) is 9.84 Å². The van der Waals surface area contributed by atoms with Crippen molar-refractivity contribution >= 4 is 5.97 Å². The second-order valence-corrected chi connectivity index (χ2v) is 2.21. The Kier molecular flexibility index (Phi) is 0.918. The van der Waals surface area contributed by atoms with Crippen molar-refractivity contribution in [2.75, 3.05) is 0 Å². The number of hydrogen-bond acceptors (Lipinski definition) is 4. The maximum Gasteiger partial charge on any atom is 0.357 e. The quantitative estimate of drug-likeness (QED) is 0.401. The monoisotopic (exact) mass is 142 g/mol. The highest BCUT2D eigenvalue weighted by atomic mass is 16.6. The fourth-order valence-electron chi connectivity index (χ4n) is 1.00. The molecule has 2 atom stereocenters. The molecule has 10 heavy (non-hydrogen) atoms. The Morgan fingerprint density at radius 1 is 1.80 bits per heavy atom. The van der Waals surface area contributed by atoms with Crippen LogP contribution < -0.4 is 10.9 Å². The number of fused-ring (bicyclic) bond motifs is 2. The summed E-state index contributed by atoms with van der Waals surface area (Å²) in [6.07, 6.45) is 2.84. The molecule has 5 nitrogen and oxygen atoms in total. The molecule has 2 unspecified atom stereocenters. The number of carboxylic acid groups (broad SMARTS) is 1. The first-order valence-corrected chi connectivity index (χ1v) is 2.86. The first-order valence-electron chi connectivity index (χ1n) is 2.86. The van der Waals surface area contributed by atoms with Gasteiger partial charge in [-0.1, -0.05) is 0 Å². The van der Waals surface area contributed by atoms with Crippen molar-refractivity contribution < 1.29 is 14.6 Å². The zero-order chi connectivity index (χ0) is 7.19. The van der Waals surface area contributed by atoms with E-state index in [1.807, 2.05) is 0 Å². The zero-order valence-electron chi connectivity index (χ0n) is 5.00. The Morgan fingerprint density at radius 3 is 2.80 bits per heavy atom. The van der Waals surface area contributed by atoms with Crippen LogP contribution in [0.15, 0.2) is 12.2 Å². The standard InChI is InChI=1S/C5H6N2O3/c8-4(9)5-2-1-3(10-5)6-7-5/h1-3,6-7H,(H,8,9). The van der Waals surface area contributed by atoms with Gasteiger partial charge in [0.15, 0.2) is 0 Å². The second-order valence-electron chi connectivity index (χ2n) is 2.21. The molecule has 5 heteroatoms. The molecular weight excluding hydrogens is 136 g/mol. The molecule has 0 amide bonds. The number of ether oxygens (including phenoxy) is 1. The molecule has 3 N–H and O–H groups in total. The normalized spacial score (nSPS) is 42.6. The first-order chi connectivity index (χ1) is 4.73. The molecule has 2 aliphatic rings. The maximum atomic E-state index is 10.5. The molecule has 1 saturated heterocycles. The van der Waals surface area contributed by atoms with Crippen molar-refractivity contribution in [3.05, 3.63) is 12.2 Å².